The van der Waals surface area contributed by atoms with Gasteiger partial charge in [-0.3, -0.25) is 9.59 Å². The first-order valence-corrected chi connectivity index (χ1v) is 7.80. The minimum atomic E-state index is -0.799. The largest absolute Gasteiger partial charge is 0.350 e. The van der Waals surface area contributed by atoms with Gasteiger partial charge in [-0.15, -0.1) is 0 Å². The highest BCUT2D eigenvalue weighted by Gasteiger charge is 2.31. The molecule has 2 amide bonds. The molecule has 0 aromatic heterocycles. The standard InChI is InChI=1S/C19H16F2N2O2/c20-14-9-7-13(8-10-14)12-22-18(24)17-6-3-11-23(17)19(25)15-4-1-2-5-16(15)21/h1-10,17H,11-12H2,(H,22,24)/t17-/m1/s1. The van der Waals surface area contributed by atoms with Crippen molar-refractivity contribution in [3.8, 4) is 0 Å². The van der Waals surface area contributed by atoms with Gasteiger partial charge in [0.2, 0.25) is 5.91 Å². The Morgan fingerprint density at radius 3 is 2.52 bits per heavy atom. The maximum atomic E-state index is 13.8. The van der Waals surface area contributed by atoms with E-state index in [-0.39, 0.29) is 30.4 Å². The molecular formula is C19H16F2N2O2. The molecule has 4 nitrogen and oxygen atoms in total. The Morgan fingerprint density at radius 1 is 1.08 bits per heavy atom. The van der Waals surface area contributed by atoms with Crippen LogP contribution in [0.4, 0.5) is 8.78 Å². The fourth-order valence-electron chi connectivity index (χ4n) is 2.64. The minimum absolute atomic E-state index is 0.0671. The summed E-state index contributed by atoms with van der Waals surface area (Å²) in [7, 11) is 0. The van der Waals surface area contributed by atoms with E-state index < -0.39 is 17.8 Å². The molecule has 2 aromatic rings. The average Bonchev–Trinajstić information content (AvgIpc) is 3.10. The van der Waals surface area contributed by atoms with E-state index in [0.29, 0.717) is 0 Å². The Balaban J connectivity index is 1.67. The van der Waals surface area contributed by atoms with Gasteiger partial charge in [-0.1, -0.05) is 36.4 Å². The molecule has 0 unspecified atom stereocenters. The lowest BCUT2D eigenvalue weighted by Gasteiger charge is -2.24. The molecule has 3 rings (SSSR count). The van der Waals surface area contributed by atoms with Crippen LogP contribution in [0.1, 0.15) is 15.9 Å². The molecule has 0 spiro atoms. The summed E-state index contributed by atoms with van der Waals surface area (Å²) in [4.78, 5) is 26.2. The van der Waals surface area contributed by atoms with Gasteiger partial charge >= 0.3 is 0 Å². The van der Waals surface area contributed by atoms with Crippen LogP contribution in [0, 0.1) is 11.6 Å². The zero-order valence-corrected chi connectivity index (χ0v) is 13.3. The third-order valence-electron chi connectivity index (χ3n) is 3.97. The van der Waals surface area contributed by atoms with Crippen LogP contribution in [0.15, 0.2) is 60.7 Å². The fraction of sp³-hybridized carbons (Fsp3) is 0.158. The zero-order chi connectivity index (χ0) is 17.8. The van der Waals surface area contributed by atoms with Gasteiger partial charge in [0.15, 0.2) is 0 Å². The number of hydrogen-bond donors (Lipinski definition) is 1. The Hall–Kier alpha value is -3.02. The van der Waals surface area contributed by atoms with Crippen LogP contribution in [0.5, 0.6) is 0 Å². The van der Waals surface area contributed by atoms with Gasteiger partial charge < -0.3 is 10.2 Å². The summed E-state index contributed by atoms with van der Waals surface area (Å²) < 4.78 is 26.7. The molecule has 0 bridgehead atoms. The van der Waals surface area contributed by atoms with Gasteiger partial charge in [0.05, 0.1) is 5.56 Å². The molecular weight excluding hydrogens is 326 g/mol. The first-order chi connectivity index (χ1) is 12.1. The van der Waals surface area contributed by atoms with Gasteiger partial charge in [0.25, 0.3) is 5.91 Å². The van der Waals surface area contributed by atoms with Crippen molar-refractivity contribution in [2.75, 3.05) is 6.54 Å². The summed E-state index contributed by atoms with van der Waals surface area (Å²) >= 11 is 0. The van der Waals surface area contributed by atoms with Crippen molar-refractivity contribution in [2.24, 2.45) is 0 Å². The van der Waals surface area contributed by atoms with E-state index in [0.717, 1.165) is 5.56 Å². The highest BCUT2D eigenvalue weighted by molar-refractivity contribution is 5.99. The number of carbonyl (C=O) groups excluding carboxylic acids is 2. The number of nitrogens with zero attached hydrogens (tertiary/aromatic N) is 1. The first kappa shape index (κ1) is 16.8. The predicted molar refractivity (Wildman–Crippen MR) is 88.6 cm³/mol. The lowest BCUT2D eigenvalue weighted by atomic mass is 10.1. The molecule has 0 aliphatic carbocycles. The predicted octanol–water partition coefficient (Wildman–Crippen LogP) is 2.66. The monoisotopic (exact) mass is 342 g/mol. The van der Waals surface area contributed by atoms with Crippen LogP contribution in [0.3, 0.4) is 0 Å². The first-order valence-electron chi connectivity index (χ1n) is 7.80. The van der Waals surface area contributed by atoms with Crippen molar-refractivity contribution < 1.29 is 18.4 Å². The van der Waals surface area contributed by atoms with E-state index in [4.69, 9.17) is 0 Å². The van der Waals surface area contributed by atoms with Crippen LogP contribution in [0.2, 0.25) is 0 Å². The number of nitrogens with one attached hydrogen (secondary N) is 1. The van der Waals surface area contributed by atoms with Crippen molar-refractivity contribution >= 4 is 11.8 Å². The lowest BCUT2D eigenvalue weighted by molar-refractivity contribution is -0.123. The molecule has 0 radical (unpaired) electrons. The van der Waals surface area contributed by atoms with Crippen LogP contribution in [-0.2, 0) is 11.3 Å². The third kappa shape index (κ3) is 3.74. The summed E-state index contributed by atoms with van der Waals surface area (Å²) in [6.45, 7) is 0.451. The maximum Gasteiger partial charge on any atom is 0.258 e. The molecule has 6 heteroatoms. The van der Waals surface area contributed by atoms with Crippen molar-refractivity contribution in [3.05, 3.63) is 83.4 Å². The van der Waals surface area contributed by atoms with Crippen LogP contribution in [-0.4, -0.2) is 29.3 Å². The van der Waals surface area contributed by atoms with Crippen LogP contribution >= 0.6 is 0 Å². The Bertz CT molecular complexity index is 818. The molecule has 0 saturated carbocycles. The molecule has 1 N–H and O–H groups in total. The molecule has 25 heavy (non-hydrogen) atoms. The zero-order valence-electron chi connectivity index (χ0n) is 13.3. The number of hydrogen-bond acceptors (Lipinski definition) is 2. The second-order valence-corrected chi connectivity index (χ2v) is 5.65. The SMILES string of the molecule is O=C(NCc1ccc(F)cc1)[C@H]1C=CCN1C(=O)c1ccccc1F. The summed E-state index contributed by atoms with van der Waals surface area (Å²) in [6.07, 6.45) is 3.31. The second kappa shape index (κ2) is 7.25. The number of amides is 2. The number of carbonyl (C=O) groups is 2. The van der Waals surface area contributed by atoms with E-state index in [1.807, 2.05) is 0 Å². The minimum Gasteiger partial charge on any atom is -0.350 e. The van der Waals surface area contributed by atoms with E-state index in [9.17, 15) is 18.4 Å². The highest BCUT2D eigenvalue weighted by Crippen LogP contribution is 2.17. The molecule has 1 aliphatic heterocycles. The van der Waals surface area contributed by atoms with E-state index in [2.05, 4.69) is 5.32 Å². The number of benzene rings is 2. The molecule has 0 saturated heterocycles. The van der Waals surface area contributed by atoms with Crippen LogP contribution < -0.4 is 5.32 Å². The topological polar surface area (TPSA) is 49.4 Å². The molecule has 1 aliphatic rings. The molecule has 0 fully saturated rings. The highest BCUT2D eigenvalue weighted by atomic mass is 19.1. The van der Waals surface area contributed by atoms with Crippen molar-refractivity contribution in [1.29, 1.82) is 0 Å². The summed E-state index contributed by atoms with van der Waals surface area (Å²) in [5, 5.41) is 2.71. The second-order valence-electron chi connectivity index (χ2n) is 5.65. The molecule has 2 aromatic carbocycles. The quantitative estimate of drug-likeness (QED) is 0.869. The van der Waals surface area contributed by atoms with E-state index >= 15 is 0 Å². The van der Waals surface area contributed by atoms with Gasteiger partial charge in [0, 0.05) is 13.1 Å². The number of rotatable bonds is 4. The van der Waals surface area contributed by atoms with Crippen LogP contribution in [0.25, 0.3) is 0 Å². The third-order valence-corrected chi connectivity index (χ3v) is 3.97. The molecule has 128 valence electrons. The van der Waals surface area contributed by atoms with Crippen molar-refractivity contribution in [3.63, 3.8) is 0 Å². The van der Waals surface area contributed by atoms with Gasteiger partial charge in [-0.05, 0) is 29.8 Å². The van der Waals surface area contributed by atoms with Gasteiger partial charge in [-0.2, -0.15) is 0 Å². The van der Waals surface area contributed by atoms with Crippen molar-refractivity contribution in [1.82, 2.24) is 10.2 Å². The van der Waals surface area contributed by atoms with Gasteiger partial charge in [0.1, 0.15) is 17.7 Å². The van der Waals surface area contributed by atoms with E-state index in [1.54, 1.807) is 30.4 Å². The number of halogens is 2. The molecule has 1 heterocycles. The summed E-state index contributed by atoms with van der Waals surface area (Å²) in [6, 6.07) is 10.6. The molecule has 1 atom stereocenters. The lowest BCUT2D eigenvalue weighted by Crippen LogP contribution is -2.46. The maximum absolute atomic E-state index is 13.8. The normalized spacial score (nSPS) is 16.1. The Morgan fingerprint density at radius 2 is 1.80 bits per heavy atom. The Labute approximate surface area is 143 Å². The Kier molecular flexibility index (Phi) is 4.88. The fourth-order valence-corrected chi connectivity index (χ4v) is 2.64. The van der Waals surface area contributed by atoms with Gasteiger partial charge in [-0.25, -0.2) is 8.78 Å². The van der Waals surface area contributed by atoms with Crippen molar-refractivity contribution in [2.45, 2.75) is 12.6 Å². The smallest absolute Gasteiger partial charge is 0.258 e. The summed E-state index contributed by atoms with van der Waals surface area (Å²) in [5.74, 6) is -1.88. The average molecular weight is 342 g/mol. The summed E-state index contributed by atoms with van der Waals surface area (Å²) in [5.41, 5.74) is 0.672. The van der Waals surface area contributed by atoms with E-state index in [1.165, 1.54) is 35.2 Å².